The molecule has 134 valence electrons. The molecular weight excluding hydrogens is 364 g/mol. The molecule has 0 atom stereocenters. The summed E-state index contributed by atoms with van der Waals surface area (Å²) in [5.41, 5.74) is 2.03. The molecule has 0 aliphatic heterocycles. The molecule has 0 heterocycles. The van der Waals surface area contributed by atoms with Crippen molar-refractivity contribution in [2.75, 3.05) is 29.5 Å². The molecule has 6 nitrogen and oxygen atoms in total. The average molecular weight is 383 g/mol. The molecule has 0 fully saturated rings. The van der Waals surface area contributed by atoms with Gasteiger partial charge in [-0.1, -0.05) is 17.7 Å². The second kappa shape index (κ2) is 7.76. The molecule has 1 amide bonds. The molecule has 2 aromatic carbocycles. The Morgan fingerprint density at radius 3 is 2.40 bits per heavy atom. The molecule has 0 bridgehead atoms. The van der Waals surface area contributed by atoms with Crippen molar-refractivity contribution in [3.63, 3.8) is 0 Å². The summed E-state index contributed by atoms with van der Waals surface area (Å²) >= 11 is 6.01. The van der Waals surface area contributed by atoms with Gasteiger partial charge in [-0.3, -0.25) is 9.10 Å². The van der Waals surface area contributed by atoms with Gasteiger partial charge in [0.1, 0.15) is 5.75 Å². The Morgan fingerprint density at radius 2 is 1.84 bits per heavy atom. The van der Waals surface area contributed by atoms with E-state index in [0.29, 0.717) is 22.1 Å². The average Bonchev–Trinajstić information content (AvgIpc) is 2.55. The van der Waals surface area contributed by atoms with Crippen LogP contribution in [0, 0.1) is 6.92 Å². The van der Waals surface area contributed by atoms with Gasteiger partial charge in [0, 0.05) is 17.8 Å². The zero-order chi connectivity index (χ0) is 18.6. The normalized spacial score (nSPS) is 11.0. The number of amides is 1. The van der Waals surface area contributed by atoms with Gasteiger partial charge in [0.2, 0.25) is 10.0 Å². The maximum Gasteiger partial charge on any atom is 0.262 e. The fourth-order valence-electron chi connectivity index (χ4n) is 1.96. The van der Waals surface area contributed by atoms with Gasteiger partial charge in [0.05, 0.1) is 11.9 Å². The van der Waals surface area contributed by atoms with E-state index in [1.165, 1.54) is 7.05 Å². The van der Waals surface area contributed by atoms with E-state index in [1.807, 2.05) is 13.0 Å². The minimum absolute atomic E-state index is 0.174. The number of rotatable bonds is 6. The van der Waals surface area contributed by atoms with Gasteiger partial charge in [0.25, 0.3) is 5.91 Å². The number of nitrogens with zero attached hydrogens (tertiary/aromatic N) is 1. The third-order valence-electron chi connectivity index (χ3n) is 3.52. The molecule has 8 heteroatoms. The summed E-state index contributed by atoms with van der Waals surface area (Å²) in [4.78, 5) is 11.9. The Balaban J connectivity index is 1.92. The number of carbonyl (C=O) groups is 1. The van der Waals surface area contributed by atoms with Gasteiger partial charge >= 0.3 is 0 Å². The smallest absolute Gasteiger partial charge is 0.262 e. The summed E-state index contributed by atoms with van der Waals surface area (Å²) in [7, 11) is -1.85. The van der Waals surface area contributed by atoms with Gasteiger partial charge in [-0.15, -0.1) is 0 Å². The molecule has 1 N–H and O–H groups in total. The van der Waals surface area contributed by atoms with E-state index in [4.69, 9.17) is 16.3 Å². The molecule has 0 saturated heterocycles. The van der Waals surface area contributed by atoms with Crippen LogP contribution in [0.2, 0.25) is 5.02 Å². The van der Waals surface area contributed by atoms with Crippen LogP contribution in [0.25, 0.3) is 0 Å². The Kier molecular flexibility index (Phi) is 5.92. The van der Waals surface area contributed by atoms with Gasteiger partial charge in [-0.2, -0.15) is 0 Å². The lowest BCUT2D eigenvalue weighted by atomic mass is 10.2. The number of halogens is 1. The lowest BCUT2D eigenvalue weighted by Gasteiger charge is -2.16. The first-order valence-corrected chi connectivity index (χ1v) is 9.62. The van der Waals surface area contributed by atoms with Crippen molar-refractivity contribution in [1.82, 2.24) is 0 Å². The highest BCUT2D eigenvalue weighted by molar-refractivity contribution is 7.92. The van der Waals surface area contributed by atoms with Crippen LogP contribution in [0.1, 0.15) is 5.56 Å². The SMILES string of the molecule is Cc1ccc(NC(=O)COc2ccc(N(C)S(C)(=O)=O)cc2)cc1Cl. The van der Waals surface area contributed by atoms with E-state index >= 15 is 0 Å². The Hall–Kier alpha value is -2.25. The second-order valence-electron chi connectivity index (χ2n) is 5.53. The van der Waals surface area contributed by atoms with Crippen LogP contribution >= 0.6 is 11.6 Å². The molecule has 0 unspecified atom stereocenters. The molecule has 0 spiro atoms. The number of nitrogens with one attached hydrogen (secondary N) is 1. The zero-order valence-electron chi connectivity index (χ0n) is 14.1. The zero-order valence-corrected chi connectivity index (χ0v) is 15.7. The Labute approximate surface area is 152 Å². The van der Waals surface area contributed by atoms with E-state index in [2.05, 4.69) is 5.32 Å². The molecule has 25 heavy (non-hydrogen) atoms. The molecule has 0 radical (unpaired) electrons. The van der Waals surface area contributed by atoms with Crippen molar-refractivity contribution < 1.29 is 17.9 Å². The summed E-state index contributed by atoms with van der Waals surface area (Å²) in [5.74, 6) is 0.139. The highest BCUT2D eigenvalue weighted by Gasteiger charge is 2.12. The third kappa shape index (κ3) is 5.37. The maximum atomic E-state index is 11.9. The van der Waals surface area contributed by atoms with E-state index in [9.17, 15) is 13.2 Å². The monoisotopic (exact) mass is 382 g/mol. The second-order valence-corrected chi connectivity index (χ2v) is 7.95. The van der Waals surface area contributed by atoms with Crippen molar-refractivity contribution in [2.24, 2.45) is 0 Å². The summed E-state index contributed by atoms with van der Waals surface area (Å²) in [6, 6.07) is 11.7. The van der Waals surface area contributed by atoms with Crippen molar-refractivity contribution >= 4 is 38.9 Å². The molecule has 0 aliphatic carbocycles. The summed E-state index contributed by atoms with van der Waals surface area (Å²) in [6.07, 6.45) is 1.12. The molecule has 0 aromatic heterocycles. The van der Waals surface area contributed by atoms with Crippen molar-refractivity contribution in [3.8, 4) is 5.75 Å². The highest BCUT2D eigenvalue weighted by Crippen LogP contribution is 2.21. The predicted molar refractivity (Wildman–Crippen MR) is 100 cm³/mol. The largest absolute Gasteiger partial charge is 0.484 e. The van der Waals surface area contributed by atoms with Gasteiger partial charge in [-0.25, -0.2) is 8.42 Å². The predicted octanol–water partition coefficient (Wildman–Crippen LogP) is 3.06. The fourth-order valence-corrected chi connectivity index (χ4v) is 2.65. The topological polar surface area (TPSA) is 75.7 Å². The third-order valence-corrected chi connectivity index (χ3v) is 5.14. The number of aryl methyl sites for hydroxylation is 1. The lowest BCUT2D eigenvalue weighted by Crippen LogP contribution is -2.24. The van der Waals surface area contributed by atoms with Crippen LogP contribution < -0.4 is 14.4 Å². The minimum Gasteiger partial charge on any atom is -0.484 e. The molecule has 2 rings (SSSR count). The van der Waals surface area contributed by atoms with Crippen LogP contribution in [0.3, 0.4) is 0 Å². The van der Waals surface area contributed by atoms with Gasteiger partial charge in [0.15, 0.2) is 6.61 Å². The van der Waals surface area contributed by atoms with Crippen molar-refractivity contribution in [1.29, 1.82) is 0 Å². The van der Waals surface area contributed by atoms with Gasteiger partial charge < -0.3 is 10.1 Å². The van der Waals surface area contributed by atoms with Crippen LogP contribution in [0.5, 0.6) is 5.75 Å². The number of hydrogen-bond donors (Lipinski definition) is 1. The van der Waals surface area contributed by atoms with Crippen molar-refractivity contribution in [2.45, 2.75) is 6.92 Å². The molecular formula is C17H19ClN2O4S. The fraction of sp³-hybridized carbons (Fsp3) is 0.235. The van der Waals surface area contributed by atoms with Gasteiger partial charge in [-0.05, 0) is 48.9 Å². The number of anilines is 2. The summed E-state index contributed by atoms with van der Waals surface area (Å²) in [5, 5.41) is 3.27. The van der Waals surface area contributed by atoms with E-state index in [1.54, 1.807) is 36.4 Å². The van der Waals surface area contributed by atoms with Crippen molar-refractivity contribution in [3.05, 3.63) is 53.1 Å². The van der Waals surface area contributed by atoms with Crippen LogP contribution in [-0.2, 0) is 14.8 Å². The van der Waals surface area contributed by atoms with E-state index in [0.717, 1.165) is 16.1 Å². The number of benzene rings is 2. The lowest BCUT2D eigenvalue weighted by molar-refractivity contribution is -0.118. The Bertz CT molecular complexity index is 867. The number of hydrogen-bond acceptors (Lipinski definition) is 4. The number of ether oxygens (including phenoxy) is 1. The molecule has 0 saturated carbocycles. The highest BCUT2D eigenvalue weighted by atomic mass is 35.5. The van der Waals surface area contributed by atoms with E-state index in [-0.39, 0.29) is 12.5 Å². The number of carbonyl (C=O) groups excluding carboxylic acids is 1. The quantitative estimate of drug-likeness (QED) is 0.833. The first kappa shape index (κ1) is 19.1. The minimum atomic E-state index is -3.32. The Morgan fingerprint density at radius 1 is 1.20 bits per heavy atom. The van der Waals surface area contributed by atoms with E-state index < -0.39 is 10.0 Å². The molecule has 2 aromatic rings. The first-order valence-electron chi connectivity index (χ1n) is 7.39. The summed E-state index contributed by atoms with van der Waals surface area (Å²) < 4.78 is 29.5. The van der Waals surface area contributed by atoms with Crippen LogP contribution in [0.4, 0.5) is 11.4 Å². The standard InChI is InChI=1S/C17H19ClN2O4S/c1-12-4-5-13(10-16(12)18)19-17(21)11-24-15-8-6-14(7-9-15)20(2)25(3,22)23/h4-10H,11H2,1-3H3,(H,19,21). The van der Waals surface area contributed by atoms with Crippen LogP contribution in [0.15, 0.2) is 42.5 Å². The summed E-state index contributed by atoms with van der Waals surface area (Å²) in [6.45, 7) is 1.70. The maximum absolute atomic E-state index is 11.9. The number of sulfonamides is 1. The van der Waals surface area contributed by atoms with Crippen LogP contribution in [-0.4, -0.2) is 34.2 Å². The molecule has 0 aliphatic rings. The first-order chi connectivity index (χ1) is 11.7.